The van der Waals surface area contributed by atoms with E-state index >= 15 is 0 Å². The second-order valence-corrected chi connectivity index (χ2v) is 10.8. The van der Waals surface area contributed by atoms with E-state index in [4.69, 9.17) is 13.8 Å². The van der Waals surface area contributed by atoms with Crippen molar-refractivity contribution in [2.75, 3.05) is 4.90 Å². The Bertz CT molecular complexity index is 2460. The van der Waals surface area contributed by atoms with Crippen molar-refractivity contribution in [2.24, 2.45) is 0 Å². The van der Waals surface area contributed by atoms with Crippen molar-refractivity contribution in [1.29, 1.82) is 0 Å². The quantitative estimate of drug-likeness (QED) is 0.204. The van der Waals surface area contributed by atoms with Gasteiger partial charge in [-0.3, -0.25) is 0 Å². The molecule has 0 bridgehead atoms. The number of hydrogen-bond acceptors (Lipinski definition) is 4. The number of hydrogen-bond donors (Lipinski definition) is 0. The third kappa shape index (κ3) is 3.74. The Morgan fingerprint density at radius 1 is 0.488 bits per heavy atom. The highest BCUT2D eigenvalue weighted by Gasteiger charge is 2.20. The fourth-order valence-corrected chi connectivity index (χ4v) is 6.27. The molecule has 202 valence electrons. The number of benzene rings is 7. The van der Waals surface area contributed by atoms with Gasteiger partial charge in [0.15, 0.2) is 11.2 Å². The maximum Gasteiger partial charge on any atom is 0.227 e. The first-order valence-corrected chi connectivity index (χ1v) is 14.4. The molecule has 9 rings (SSSR count). The topological polar surface area (TPSA) is 42.4 Å². The van der Waals surface area contributed by atoms with E-state index in [0.717, 1.165) is 77.2 Å². The van der Waals surface area contributed by atoms with Crippen molar-refractivity contribution >= 4 is 71.6 Å². The molecule has 43 heavy (non-hydrogen) atoms. The molecular formula is C39H24N2O2. The van der Waals surface area contributed by atoms with Crippen molar-refractivity contribution in [3.8, 4) is 11.5 Å². The summed E-state index contributed by atoms with van der Waals surface area (Å²) in [7, 11) is 0. The zero-order valence-corrected chi connectivity index (χ0v) is 23.1. The smallest absolute Gasteiger partial charge is 0.227 e. The molecule has 0 aliphatic carbocycles. The average Bonchev–Trinajstić information content (AvgIpc) is 3.68. The van der Waals surface area contributed by atoms with Crippen LogP contribution in [0.15, 0.2) is 154 Å². The SMILES string of the molecule is c1ccc(-c2nc3ccc4ccc5ccc(N(c6ccccc6)c6cccc7c6oc6ccccc67)cc5c4c3o2)cc1. The molecule has 4 heteroatoms. The van der Waals surface area contributed by atoms with Crippen molar-refractivity contribution in [1.82, 2.24) is 4.98 Å². The van der Waals surface area contributed by atoms with E-state index in [9.17, 15) is 0 Å². The van der Waals surface area contributed by atoms with Crippen LogP contribution in [0, 0.1) is 0 Å². The molecule has 7 aromatic carbocycles. The minimum absolute atomic E-state index is 0.624. The summed E-state index contributed by atoms with van der Waals surface area (Å²) in [5.41, 5.74) is 7.39. The summed E-state index contributed by atoms with van der Waals surface area (Å²) in [6.45, 7) is 0. The molecule has 0 radical (unpaired) electrons. The summed E-state index contributed by atoms with van der Waals surface area (Å²) >= 11 is 0. The molecule has 9 aromatic rings. The van der Waals surface area contributed by atoms with E-state index in [1.807, 2.05) is 54.6 Å². The predicted molar refractivity (Wildman–Crippen MR) is 176 cm³/mol. The van der Waals surface area contributed by atoms with Crippen molar-refractivity contribution in [3.05, 3.63) is 146 Å². The minimum atomic E-state index is 0.624. The first-order chi connectivity index (χ1) is 21.3. The van der Waals surface area contributed by atoms with Crippen LogP contribution in [0.25, 0.3) is 66.0 Å². The number of aromatic nitrogens is 1. The van der Waals surface area contributed by atoms with Crippen LogP contribution >= 0.6 is 0 Å². The van der Waals surface area contributed by atoms with Gasteiger partial charge in [0, 0.05) is 33.1 Å². The fraction of sp³-hybridized carbons (Fsp3) is 0. The zero-order chi connectivity index (χ0) is 28.3. The number of rotatable bonds is 4. The van der Waals surface area contributed by atoms with Crippen LogP contribution in [-0.4, -0.2) is 4.98 Å². The maximum absolute atomic E-state index is 6.50. The van der Waals surface area contributed by atoms with Crippen LogP contribution in [0.2, 0.25) is 0 Å². The summed E-state index contributed by atoms with van der Waals surface area (Å²) in [6, 6.07) is 50.2. The van der Waals surface area contributed by atoms with E-state index in [2.05, 4.69) is 95.9 Å². The van der Waals surface area contributed by atoms with E-state index in [0.29, 0.717) is 5.89 Å². The third-order valence-electron chi connectivity index (χ3n) is 8.26. The molecule has 0 spiro atoms. The van der Waals surface area contributed by atoms with Gasteiger partial charge < -0.3 is 13.7 Å². The normalized spacial score (nSPS) is 11.7. The molecule has 0 amide bonds. The van der Waals surface area contributed by atoms with Crippen LogP contribution in [-0.2, 0) is 0 Å². The minimum Gasteiger partial charge on any atom is -0.454 e. The molecule has 0 saturated heterocycles. The number of para-hydroxylation sites is 3. The highest BCUT2D eigenvalue weighted by atomic mass is 16.3. The Morgan fingerprint density at radius 2 is 1.21 bits per heavy atom. The third-order valence-corrected chi connectivity index (χ3v) is 8.26. The average molecular weight is 553 g/mol. The molecule has 0 aliphatic heterocycles. The molecule has 0 N–H and O–H groups in total. The number of nitrogens with zero attached hydrogens (tertiary/aromatic N) is 2. The first kappa shape index (κ1) is 23.8. The Morgan fingerprint density at radius 3 is 2.09 bits per heavy atom. The van der Waals surface area contributed by atoms with E-state index < -0.39 is 0 Å². The largest absolute Gasteiger partial charge is 0.454 e. The molecule has 2 heterocycles. The Labute approximate surface area is 247 Å². The van der Waals surface area contributed by atoms with Gasteiger partial charge in [-0.05, 0) is 70.8 Å². The number of anilines is 3. The van der Waals surface area contributed by atoms with Gasteiger partial charge in [0.25, 0.3) is 0 Å². The van der Waals surface area contributed by atoms with Gasteiger partial charge in [-0.1, -0.05) is 91.0 Å². The first-order valence-electron chi connectivity index (χ1n) is 14.4. The van der Waals surface area contributed by atoms with E-state index in [-0.39, 0.29) is 0 Å². The van der Waals surface area contributed by atoms with Gasteiger partial charge in [0.2, 0.25) is 5.89 Å². The van der Waals surface area contributed by atoms with Crippen LogP contribution in [0.3, 0.4) is 0 Å². The van der Waals surface area contributed by atoms with Gasteiger partial charge >= 0.3 is 0 Å². The second-order valence-electron chi connectivity index (χ2n) is 10.8. The van der Waals surface area contributed by atoms with Gasteiger partial charge in [-0.25, -0.2) is 4.98 Å². The predicted octanol–water partition coefficient (Wildman–Crippen LogP) is 11.2. The standard InChI is InChI=1S/C39H24N2O2/c1-3-10-27(11-4-1)39-40-33-23-21-26-19-18-25-20-22-29(24-32(25)36(26)38(33)43-39)41(28-12-5-2-6-13-28)34-16-9-15-31-30-14-7-8-17-35(30)42-37(31)34/h1-24H. The molecule has 2 aromatic heterocycles. The molecule has 0 aliphatic rings. The molecule has 0 atom stereocenters. The summed E-state index contributed by atoms with van der Waals surface area (Å²) in [4.78, 5) is 7.13. The molecule has 0 saturated carbocycles. The fourth-order valence-electron chi connectivity index (χ4n) is 6.27. The van der Waals surface area contributed by atoms with Gasteiger partial charge in [-0.2, -0.15) is 0 Å². The van der Waals surface area contributed by atoms with Crippen molar-refractivity contribution in [2.45, 2.75) is 0 Å². The molecule has 0 fully saturated rings. The molecular weight excluding hydrogens is 528 g/mol. The number of oxazole rings is 1. The van der Waals surface area contributed by atoms with Crippen LogP contribution in [0.5, 0.6) is 0 Å². The van der Waals surface area contributed by atoms with Crippen LogP contribution in [0.1, 0.15) is 0 Å². The second kappa shape index (κ2) is 9.33. The molecule has 0 unspecified atom stereocenters. The number of fused-ring (bicyclic) bond motifs is 8. The number of furan rings is 1. The van der Waals surface area contributed by atoms with Gasteiger partial charge in [0.1, 0.15) is 11.1 Å². The van der Waals surface area contributed by atoms with Crippen molar-refractivity contribution in [3.63, 3.8) is 0 Å². The highest BCUT2D eigenvalue weighted by molar-refractivity contribution is 6.19. The van der Waals surface area contributed by atoms with Gasteiger partial charge in [0.05, 0.1) is 5.69 Å². The Kier molecular flexibility index (Phi) is 5.16. The van der Waals surface area contributed by atoms with E-state index in [1.165, 1.54) is 0 Å². The Hall–Kier alpha value is -5.87. The van der Waals surface area contributed by atoms with Crippen molar-refractivity contribution < 1.29 is 8.83 Å². The van der Waals surface area contributed by atoms with Crippen LogP contribution in [0.4, 0.5) is 17.1 Å². The lowest BCUT2D eigenvalue weighted by atomic mass is 10.00. The lowest BCUT2D eigenvalue weighted by Crippen LogP contribution is -2.10. The summed E-state index contributed by atoms with van der Waals surface area (Å²) < 4.78 is 13.0. The summed E-state index contributed by atoms with van der Waals surface area (Å²) in [6.07, 6.45) is 0. The summed E-state index contributed by atoms with van der Waals surface area (Å²) in [5, 5.41) is 6.61. The van der Waals surface area contributed by atoms with Crippen LogP contribution < -0.4 is 4.90 Å². The highest BCUT2D eigenvalue weighted by Crippen LogP contribution is 2.44. The molecule has 4 nitrogen and oxygen atoms in total. The van der Waals surface area contributed by atoms with Gasteiger partial charge in [-0.15, -0.1) is 0 Å². The zero-order valence-electron chi connectivity index (χ0n) is 23.1. The summed E-state index contributed by atoms with van der Waals surface area (Å²) in [5.74, 6) is 0.624. The lowest BCUT2D eigenvalue weighted by molar-refractivity contribution is 0.623. The lowest BCUT2D eigenvalue weighted by Gasteiger charge is -2.26. The van der Waals surface area contributed by atoms with E-state index in [1.54, 1.807) is 0 Å². The monoisotopic (exact) mass is 552 g/mol. The maximum atomic E-state index is 6.50. The Balaban J connectivity index is 1.32.